The lowest BCUT2D eigenvalue weighted by molar-refractivity contribution is -0.117. The largest absolute Gasteiger partial charge is 0.342 e. The van der Waals surface area contributed by atoms with Crippen LogP contribution < -0.4 is 16.2 Å². The molecule has 2 heterocycles. The second kappa shape index (κ2) is 6.71. The number of nitrogens with zero attached hydrogens (tertiary/aromatic N) is 3. The van der Waals surface area contributed by atoms with Gasteiger partial charge in [0, 0.05) is 5.69 Å². The van der Waals surface area contributed by atoms with Gasteiger partial charge in [0.2, 0.25) is 5.91 Å². The van der Waals surface area contributed by atoms with E-state index in [1.54, 1.807) is 0 Å². The number of aromatic nitrogens is 2. The molecule has 3 rings (SSSR count). The smallest absolute Gasteiger partial charge is 0.287 e. The molecule has 1 aliphatic heterocycles. The molecule has 0 atom stereocenters. The van der Waals surface area contributed by atoms with Crippen molar-refractivity contribution < 1.29 is 13.2 Å². The van der Waals surface area contributed by atoms with Crippen molar-refractivity contribution in [3.8, 4) is 0 Å². The number of anilines is 2. The highest BCUT2D eigenvalue weighted by Crippen LogP contribution is 2.29. The molecule has 0 fully saturated rings. The van der Waals surface area contributed by atoms with Crippen LogP contribution in [0.3, 0.4) is 0 Å². The van der Waals surface area contributed by atoms with E-state index in [2.05, 4.69) is 20.1 Å². The van der Waals surface area contributed by atoms with Crippen molar-refractivity contribution in [2.24, 2.45) is 4.40 Å². The standard InChI is InChI=1S/C14H11Cl2N5O4S/c1-7-18-10-3-2-8(4-11(10)26(24,25)20-7)19-12(22)6-21-14(23)13(16)9(15)5-17-21/h2-5H,6H2,1H3,(H,18,20)(H,19,22). The van der Waals surface area contributed by atoms with E-state index in [-0.39, 0.29) is 26.5 Å². The molecule has 0 spiro atoms. The summed E-state index contributed by atoms with van der Waals surface area (Å²) in [4.78, 5) is 24.0. The summed E-state index contributed by atoms with van der Waals surface area (Å²) in [7, 11) is -3.85. The van der Waals surface area contributed by atoms with Crippen molar-refractivity contribution in [3.05, 3.63) is 44.8 Å². The lowest BCUT2D eigenvalue weighted by Gasteiger charge is -2.17. The molecule has 9 nitrogen and oxygen atoms in total. The number of hydrogen-bond acceptors (Lipinski definition) is 6. The van der Waals surface area contributed by atoms with E-state index in [0.717, 1.165) is 10.9 Å². The number of amides is 1. The van der Waals surface area contributed by atoms with Crippen LogP contribution in [0.1, 0.15) is 6.92 Å². The highest BCUT2D eigenvalue weighted by molar-refractivity contribution is 7.90. The Hall–Kier alpha value is -2.43. The maximum absolute atomic E-state index is 12.1. The maximum atomic E-state index is 12.1. The van der Waals surface area contributed by atoms with Crippen molar-refractivity contribution >= 4 is 56.3 Å². The molecule has 1 amide bonds. The number of benzene rings is 1. The van der Waals surface area contributed by atoms with Crippen molar-refractivity contribution in [1.82, 2.24) is 9.78 Å². The second-order valence-electron chi connectivity index (χ2n) is 5.31. The summed E-state index contributed by atoms with van der Waals surface area (Å²) >= 11 is 11.4. The number of carbonyl (C=O) groups is 1. The van der Waals surface area contributed by atoms with Gasteiger partial charge in [-0.3, -0.25) is 9.59 Å². The van der Waals surface area contributed by atoms with Gasteiger partial charge in [-0.25, -0.2) is 4.68 Å². The monoisotopic (exact) mass is 415 g/mol. The quantitative estimate of drug-likeness (QED) is 0.786. The average molecular weight is 416 g/mol. The van der Waals surface area contributed by atoms with E-state index in [9.17, 15) is 18.0 Å². The Morgan fingerprint density at radius 1 is 1.35 bits per heavy atom. The van der Waals surface area contributed by atoms with Crippen LogP contribution in [0.4, 0.5) is 11.4 Å². The number of carbonyl (C=O) groups excluding carboxylic acids is 1. The van der Waals surface area contributed by atoms with Gasteiger partial charge in [0.25, 0.3) is 15.6 Å². The molecule has 0 saturated carbocycles. The first kappa shape index (κ1) is 18.4. The van der Waals surface area contributed by atoms with Gasteiger partial charge >= 0.3 is 0 Å². The van der Waals surface area contributed by atoms with E-state index in [1.807, 2.05) is 0 Å². The predicted molar refractivity (Wildman–Crippen MR) is 97.5 cm³/mol. The fourth-order valence-corrected chi connectivity index (χ4v) is 3.71. The lowest BCUT2D eigenvalue weighted by atomic mass is 10.2. The number of rotatable bonds is 3. The van der Waals surface area contributed by atoms with Crippen molar-refractivity contribution in [3.63, 3.8) is 0 Å². The Labute approximate surface area is 157 Å². The number of fused-ring (bicyclic) bond motifs is 1. The highest BCUT2D eigenvalue weighted by Gasteiger charge is 2.24. The first-order valence-electron chi connectivity index (χ1n) is 7.11. The third kappa shape index (κ3) is 3.57. The predicted octanol–water partition coefficient (Wildman–Crippen LogP) is 1.72. The van der Waals surface area contributed by atoms with Crippen LogP contribution in [0.15, 0.2) is 38.5 Å². The van der Waals surface area contributed by atoms with Gasteiger partial charge in [-0.05, 0) is 25.1 Å². The lowest BCUT2D eigenvalue weighted by Crippen LogP contribution is -2.30. The second-order valence-corrected chi connectivity index (χ2v) is 7.66. The molecular weight excluding hydrogens is 405 g/mol. The normalized spacial score (nSPS) is 14.8. The van der Waals surface area contributed by atoms with Gasteiger partial charge in [-0.2, -0.15) is 13.5 Å². The molecule has 0 unspecified atom stereocenters. The number of amidine groups is 1. The first-order valence-corrected chi connectivity index (χ1v) is 9.30. The van der Waals surface area contributed by atoms with Crippen LogP contribution in [0, 0.1) is 0 Å². The highest BCUT2D eigenvalue weighted by atomic mass is 35.5. The molecule has 2 N–H and O–H groups in total. The maximum Gasteiger partial charge on any atom is 0.287 e. The van der Waals surface area contributed by atoms with Crippen LogP contribution >= 0.6 is 23.2 Å². The van der Waals surface area contributed by atoms with Crippen LogP contribution in [0.2, 0.25) is 10.0 Å². The molecule has 2 aromatic rings. The van der Waals surface area contributed by atoms with E-state index in [4.69, 9.17) is 23.2 Å². The molecule has 0 bridgehead atoms. The molecule has 136 valence electrons. The minimum Gasteiger partial charge on any atom is -0.342 e. The molecule has 1 aliphatic rings. The van der Waals surface area contributed by atoms with E-state index < -0.39 is 28.0 Å². The number of nitrogens with one attached hydrogen (secondary N) is 2. The Balaban J connectivity index is 1.82. The van der Waals surface area contributed by atoms with Crippen LogP contribution in [-0.2, 0) is 21.4 Å². The Bertz CT molecular complexity index is 1110. The van der Waals surface area contributed by atoms with Gasteiger partial charge in [-0.1, -0.05) is 23.2 Å². The minimum absolute atomic E-state index is 0.0171. The number of halogens is 2. The summed E-state index contributed by atoms with van der Waals surface area (Å²) in [6, 6.07) is 4.30. The molecular formula is C14H11Cl2N5O4S. The van der Waals surface area contributed by atoms with Crippen LogP contribution in [0.25, 0.3) is 0 Å². The molecule has 1 aromatic heterocycles. The Kier molecular flexibility index (Phi) is 4.74. The average Bonchev–Trinajstić information content (AvgIpc) is 2.55. The van der Waals surface area contributed by atoms with E-state index in [1.165, 1.54) is 25.1 Å². The summed E-state index contributed by atoms with van der Waals surface area (Å²) in [5.41, 5.74) is -0.129. The molecule has 1 aromatic carbocycles. The summed E-state index contributed by atoms with van der Waals surface area (Å²) in [5.74, 6) is -0.349. The fraction of sp³-hybridized carbons (Fsp3) is 0.143. The molecule has 0 aliphatic carbocycles. The molecule has 0 radical (unpaired) electrons. The van der Waals surface area contributed by atoms with Gasteiger partial charge in [0.1, 0.15) is 22.3 Å². The van der Waals surface area contributed by atoms with E-state index in [0.29, 0.717) is 5.69 Å². The van der Waals surface area contributed by atoms with Crippen LogP contribution in [0.5, 0.6) is 0 Å². The van der Waals surface area contributed by atoms with Crippen molar-refractivity contribution in [2.75, 3.05) is 10.6 Å². The number of sulfonamides is 1. The van der Waals surface area contributed by atoms with Gasteiger partial charge in [-0.15, -0.1) is 4.40 Å². The van der Waals surface area contributed by atoms with Gasteiger partial charge in [0.05, 0.1) is 16.9 Å². The zero-order chi connectivity index (χ0) is 19.1. The summed E-state index contributed by atoms with van der Waals surface area (Å²) in [6.45, 7) is 1.10. The Morgan fingerprint density at radius 3 is 2.81 bits per heavy atom. The van der Waals surface area contributed by atoms with Gasteiger partial charge in [0.15, 0.2) is 0 Å². The zero-order valence-electron chi connectivity index (χ0n) is 13.2. The SMILES string of the molecule is CC1=NS(=O)(=O)c2cc(NC(=O)Cn3ncc(Cl)c(Cl)c3=O)ccc2N1. The van der Waals surface area contributed by atoms with Crippen molar-refractivity contribution in [2.45, 2.75) is 18.4 Å². The van der Waals surface area contributed by atoms with Crippen molar-refractivity contribution in [1.29, 1.82) is 0 Å². The first-order chi connectivity index (χ1) is 12.2. The fourth-order valence-electron chi connectivity index (χ4n) is 2.26. The summed E-state index contributed by atoms with van der Waals surface area (Å²) < 4.78 is 28.6. The van der Waals surface area contributed by atoms with E-state index >= 15 is 0 Å². The number of hydrogen-bond donors (Lipinski definition) is 2. The zero-order valence-corrected chi connectivity index (χ0v) is 15.5. The Morgan fingerprint density at radius 2 is 2.08 bits per heavy atom. The molecule has 26 heavy (non-hydrogen) atoms. The molecule has 0 saturated heterocycles. The van der Waals surface area contributed by atoms with Gasteiger partial charge < -0.3 is 10.6 Å². The van der Waals surface area contributed by atoms with Crippen LogP contribution in [-0.4, -0.2) is 29.9 Å². The molecule has 12 heteroatoms. The minimum atomic E-state index is -3.85. The summed E-state index contributed by atoms with van der Waals surface area (Å²) in [5, 5.41) is 8.79. The third-order valence-corrected chi connectivity index (χ3v) is 5.51. The third-order valence-electron chi connectivity index (χ3n) is 3.35. The summed E-state index contributed by atoms with van der Waals surface area (Å²) in [6.07, 6.45) is 1.15. The topological polar surface area (TPSA) is 123 Å².